The van der Waals surface area contributed by atoms with E-state index in [9.17, 15) is 4.79 Å². The van der Waals surface area contributed by atoms with E-state index in [0.717, 1.165) is 37.4 Å². The average molecular weight is 278 g/mol. The molecule has 0 spiro atoms. The molecule has 5 heteroatoms. The molecule has 0 bridgehead atoms. The van der Waals surface area contributed by atoms with Crippen molar-refractivity contribution in [1.29, 1.82) is 0 Å². The first kappa shape index (κ1) is 14.7. The van der Waals surface area contributed by atoms with Crippen molar-refractivity contribution in [2.75, 3.05) is 33.4 Å². The molecule has 2 N–H and O–H groups in total. The number of likely N-dealkylation sites (tertiary alicyclic amines) is 1. The number of nitrogens with zero attached hydrogens (tertiary/aromatic N) is 1. The molecule has 1 heterocycles. The van der Waals surface area contributed by atoms with E-state index in [1.54, 1.807) is 7.11 Å². The number of carbonyl (C=O) groups excluding carboxylic acids is 1. The van der Waals surface area contributed by atoms with E-state index in [1.165, 1.54) is 0 Å². The molecule has 5 nitrogen and oxygen atoms in total. The van der Waals surface area contributed by atoms with E-state index in [4.69, 9.17) is 15.2 Å². The Hall–Kier alpha value is -1.75. The van der Waals surface area contributed by atoms with Gasteiger partial charge in [-0.3, -0.25) is 9.69 Å². The Labute approximate surface area is 119 Å². The van der Waals surface area contributed by atoms with Crippen LogP contribution in [0.4, 0.5) is 0 Å². The van der Waals surface area contributed by atoms with Gasteiger partial charge in [0.05, 0.1) is 20.3 Å². The standard InChI is InChI=1S/C15H22N2O3/c1-19-13-5-2-6-14(8-13)20-11-12-4-3-7-17(9-12)10-15(16)18/h2,5-6,8,12H,3-4,7,9-11H2,1H3,(H2,16,18). The first-order valence-corrected chi connectivity index (χ1v) is 6.95. The second kappa shape index (κ2) is 7.14. The summed E-state index contributed by atoms with van der Waals surface area (Å²) >= 11 is 0. The van der Waals surface area contributed by atoms with Crippen LogP contribution in [0.1, 0.15) is 12.8 Å². The number of hydrogen-bond acceptors (Lipinski definition) is 4. The summed E-state index contributed by atoms with van der Waals surface area (Å²) in [6.45, 7) is 2.81. The van der Waals surface area contributed by atoms with Crippen LogP contribution in [0.2, 0.25) is 0 Å². The Morgan fingerprint density at radius 3 is 3.00 bits per heavy atom. The van der Waals surface area contributed by atoms with Gasteiger partial charge in [-0.05, 0) is 31.5 Å². The topological polar surface area (TPSA) is 64.8 Å². The molecule has 1 amide bonds. The minimum absolute atomic E-state index is 0.264. The zero-order chi connectivity index (χ0) is 14.4. The lowest BCUT2D eigenvalue weighted by Crippen LogP contribution is -2.42. The maximum Gasteiger partial charge on any atom is 0.231 e. The van der Waals surface area contributed by atoms with Crippen molar-refractivity contribution in [3.8, 4) is 11.5 Å². The van der Waals surface area contributed by atoms with Crippen molar-refractivity contribution < 1.29 is 14.3 Å². The molecule has 1 aliphatic heterocycles. The number of rotatable bonds is 6. The van der Waals surface area contributed by atoms with Crippen molar-refractivity contribution in [3.05, 3.63) is 24.3 Å². The summed E-state index contributed by atoms with van der Waals surface area (Å²) in [6.07, 6.45) is 2.21. The molecule has 1 aromatic rings. The summed E-state index contributed by atoms with van der Waals surface area (Å²) < 4.78 is 11.0. The maximum atomic E-state index is 11.0. The molecule has 2 rings (SSSR count). The van der Waals surface area contributed by atoms with Crippen LogP contribution in [0.25, 0.3) is 0 Å². The van der Waals surface area contributed by atoms with Gasteiger partial charge in [-0.1, -0.05) is 6.07 Å². The molecule has 1 unspecified atom stereocenters. The van der Waals surface area contributed by atoms with Crippen LogP contribution in [0.15, 0.2) is 24.3 Å². The highest BCUT2D eigenvalue weighted by Crippen LogP contribution is 2.21. The second-order valence-electron chi connectivity index (χ2n) is 5.20. The smallest absolute Gasteiger partial charge is 0.231 e. The molecular weight excluding hydrogens is 256 g/mol. The van der Waals surface area contributed by atoms with Gasteiger partial charge in [0.15, 0.2) is 0 Å². The van der Waals surface area contributed by atoms with Crippen molar-refractivity contribution in [2.45, 2.75) is 12.8 Å². The molecule has 20 heavy (non-hydrogen) atoms. The Morgan fingerprint density at radius 1 is 1.45 bits per heavy atom. The average Bonchev–Trinajstić information content (AvgIpc) is 2.45. The fourth-order valence-corrected chi connectivity index (χ4v) is 2.56. The molecule has 1 aliphatic rings. The number of methoxy groups -OCH3 is 1. The highest BCUT2D eigenvalue weighted by molar-refractivity contribution is 5.75. The molecule has 1 saturated heterocycles. The van der Waals surface area contributed by atoms with Gasteiger partial charge in [-0.2, -0.15) is 0 Å². The number of amides is 1. The minimum Gasteiger partial charge on any atom is -0.497 e. The van der Waals surface area contributed by atoms with E-state index < -0.39 is 0 Å². The number of piperidine rings is 1. The van der Waals surface area contributed by atoms with Gasteiger partial charge < -0.3 is 15.2 Å². The molecule has 1 aromatic carbocycles. The van der Waals surface area contributed by atoms with E-state index in [2.05, 4.69) is 4.90 Å². The van der Waals surface area contributed by atoms with Gasteiger partial charge in [0, 0.05) is 18.5 Å². The summed E-state index contributed by atoms with van der Waals surface area (Å²) in [7, 11) is 1.64. The Bertz CT molecular complexity index is 450. The highest BCUT2D eigenvalue weighted by atomic mass is 16.5. The molecule has 0 radical (unpaired) electrons. The van der Waals surface area contributed by atoms with Gasteiger partial charge in [-0.15, -0.1) is 0 Å². The summed E-state index contributed by atoms with van der Waals surface area (Å²) in [5.41, 5.74) is 5.24. The third-order valence-corrected chi connectivity index (χ3v) is 3.51. The summed E-state index contributed by atoms with van der Waals surface area (Å²) in [5, 5.41) is 0. The van der Waals surface area contributed by atoms with Gasteiger partial charge in [-0.25, -0.2) is 0 Å². The lowest BCUT2D eigenvalue weighted by atomic mass is 9.99. The Kier molecular flexibility index (Phi) is 5.24. The quantitative estimate of drug-likeness (QED) is 0.851. The van der Waals surface area contributed by atoms with E-state index >= 15 is 0 Å². The maximum absolute atomic E-state index is 11.0. The summed E-state index contributed by atoms with van der Waals surface area (Å²) in [4.78, 5) is 13.1. The fraction of sp³-hybridized carbons (Fsp3) is 0.533. The molecular formula is C15H22N2O3. The predicted molar refractivity (Wildman–Crippen MR) is 76.8 cm³/mol. The van der Waals surface area contributed by atoms with Crippen LogP contribution >= 0.6 is 0 Å². The molecule has 1 atom stereocenters. The number of nitrogens with two attached hydrogens (primary N) is 1. The van der Waals surface area contributed by atoms with Crippen molar-refractivity contribution >= 4 is 5.91 Å². The normalized spacial score (nSPS) is 19.6. The zero-order valence-electron chi connectivity index (χ0n) is 11.9. The number of benzene rings is 1. The van der Waals surface area contributed by atoms with Crippen LogP contribution in [0, 0.1) is 5.92 Å². The van der Waals surface area contributed by atoms with Crippen LogP contribution in [0.5, 0.6) is 11.5 Å². The Balaban J connectivity index is 1.82. The van der Waals surface area contributed by atoms with E-state index in [-0.39, 0.29) is 5.91 Å². The van der Waals surface area contributed by atoms with Crippen molar-refractivity contribution in [1.82, 2.24) is 4.90 Å². The molecule has 110 valence electrons. The van der Waals surface area contributed by atoms with Gasteiger partial charge in [0.2, 0.25) is 5.91 Å². The number of ether oxygens (including phenoxy) is 2. The zero-order valence-corrected chi connectivity index (χ0v) is 11.9. The molecule has 0 aromatic heterocycles. The molecule has 0 saturated carbocycles. The second-order valence-corrected chi connectivity index (χ2v) is 5.20. The largest absolute Gasteiger partial charge is 0.497 e. The van der Waals surface area contributed by atoms with Crippen LogP contribution < -0.4 is 15.2 Å². The fourth-order valence-electron chi connectivity index (χ4n) is 2.56. The Morgan fingerprint density at radius 2 is 2.25 bits per heavy atom. The van der Waals surface area contributed by atoms with Crippen LogP contribution in [-0.2, 0) is 4.79 Å². The first-order valence-electron chi connectivity index (χ1n) is 6.95. The lowest BCUT2D eigenvalue weighted by molar-refractivity contribution is -0.119. The van der Waals surface area contributed by atoms with Gasteiger partial charge >= 0.3 is 0 Å². The predicted octanol–water partition coefficient (Wildman–Crippen LogP) is 1.27. The lowest BCUT2D eigenvalue weighted by Gasteiger charge is -2.31. The third-order valence-electron chi connectivity index (χ3n) is 3.51. The van der Waals surface area contributed by atoms with Crippen LogP contribution in [0.3, 0.4) is 0 Å². The van der Waals surface area contributed by atoms with Gasteiger partial charge in [0.25, 0.3) is 0 Å². The number of hydrogen-bond donors (Lipinski definition) is 1. The van der Waals surface area contributed by atoms with Crippen molar-refractivity contribution in [2.24, 2.45) is 11.7 Å². The van der Waals surface area contributed by atoms with Gasteiger partial charge in [0.1, 0.15) is 11.5 Å². The van der Waals surface area contributed by atoms with Crippen LogP contribution in [-0.4, -0.2) is 44.2 Å². The van der Waals surface area contributed by atoms with E-state index in [1.807, 2.05) is 24.3 Å². The van der Waals surface area contributed by atoms with Crippen molar-refractivity contribution in [3.63, 3.8) is 0 Å². The van der Waals surface area contributed by atoms with E-state index in [0.29, 0.717) is 19.1 Å². The number of carbonyl (C=O) groups is 1. The minimum atomic E-state index is -0.264. The molecule has 1 fully saturated rings. The molecule has 0 aliphatic carbocycles. The highest BCUT2D eigenvalue weighted by Gasteiger charge is 2.21. The SMILES string of the molecule is COc1cccc(OCC2CCCN(CC(N)=O)C2)c1. The summed E-state index contributed by atoms with van der Waals surface area (Å²) in [6, 6.07) is 7.60. The summed E-state index contributed by atoms with van der Waals surface area (Å²) in [5.74, 6) is 1.78. The first-order chi connectivity index (χ1) is 9.67. The monoisotopic (exact) mass is 278 g/mol. The third kappa shape index (κ3) is 4.42. The number of primary amides is 1.